The fourth-order valence-electron chi connectivity index (χ4n) is 3.56. The molecule has 1 aromatic heterocycles. The largest absolute Gasteiger partial charge is 0.337 e. The quantitative estimate of drug-likeness (QED) is 0.801. The summed E-state index contributed by atoms with van der Waals surface area (Å²) in [4.78, 5) is 19.2. The van der Waals surface area contributed by atoms with Crippen molar-refractivity contribution in [3.63, 3.8) is 0 Å². The number of fused-ring (bicyclic) bond motifs is 1. The molecule has 0 spiro atoms. The third kappa shape index (κ3) is 2.81. The number of nitrogens with zero attached hydrogens (tertiary/aromatic N) is 3. The summed E-state index contributed by atoms with van der Waals surface area (Å²) < 4.78 is 2.12. The van der Waals surface area contributed by atoms with Gasteiger partial charge in [0.05, 0.1) is 11.0 Å². The van der Waals surface area contributed by atoms with Crippen LogP contribution >= 0.6 is 0 Å². The number of aryl methyl sites for hydroxylation is 1. The zero-order valence-corrected chi connectivity index (χ0v) is 14.6. The maximum atomic E-state index is 12.7. The summed E-state index contributed by atoms with van der Waals surface area (Å²) in [6.07, 6.45) is 1.01. The van der Waals surface area contributed by atoms with Crippen molar-refractivity contribution in [3.8, 4) is 5.69 Å². The van der Waals surface area contributed by atoms with Gasteiger partial charge >= 0.3 is 0 Å². The van der Waals surface area contributed by atoms with E-state index in [-0.39, 0.29) is 11.9 Å². The number of benzene rings is 2. The van der Waals surface area contributed by atoms with Crippen LogP contribution in [-0.2, 0) is 0 Å². The molecule has 0 aliphatic carbocycles. The predicted octanol–water partition coefficient (Wildman–Crippen LogP) is 2.77. The first-order valence-corrected chi connectivity index (χ1v) is 8.67. The van der Waals surface area contributed by atoms with Gasteiger partial charge in [0.25, 0.3) is 5.91 Å². The SMILES string of the molecule is Cc1nc2ccccc2n1-c1ccc(C(=O)N(C)[C@@H]2CCNC2)cc1. The smallest absolute Gasteiger partial charge is 0.253 e. The Hall–Kier alpha value is -2.66. The van der Waals surface area contributed by atoms with Gasteiger partial charge in [-0.25, -0.2) is 4.98 Å². The number of nitrogens with one attached hydrogen (secondary N) is 1. The third-order valence-corrected chi connectivity index (χ3v) is 5.00. The summed E-state index contributed by atoms with van der Waals surface area (Å²) in [6, 6.07) is 16.2. The number of rotatable bonds is 3. The summed E-state index contributed by atoms with van der Waals surface area (Å²) in [5.41, 5.74) is 3.80. The second-order valence-electron chi connectivity index (χ2n) is 6.59. The van der Waals surface area contributed by atoms with E-state index in [1.54, 1.807) is 0 Å². The minimum atomic E-state index is 0.0764. The van der Waals surface area contributed by atoms with E-state index in [1.807, 2.05) is 61.3 Å². The highest BCUT2D eigenvalue weighted by atomic mass is 16.2. The molecule has 1 fully saturated rings. The van der Waals surface area contributed by atoms with E-state index < -0.39 is 0 Å². The van der Waals surface area contributed by atoms with Crippen molar-refractivity contribution >= 4 is 16.9 Å². The van der Waals surface area contributed by atoms with Crippen LogP contribution in [0.4, 0.5) is 0 Å². The lowest BCUT2D eigenvalue weighted by molar-refractivity contribution is 0.0744. The molecule has 0 bridgehead atoms. The van der Waals surface area contributed by atoms with Crippen LogP contribution in [0.15, 0.2) is 48.5 Å². The summed E-state index contributed by atoms with van der Waals surface area (Å²) in [7, 11) is 1.89. The van der Waals surface area contributed by atoms with Gasteiger partial charge in [0.1, 0.15) is 5.82 Å². The number of likely N-dealkylation sites (N-methyl/N-ethyl adjacent to an activating group) is 1. The minimum Gasteiger partial charge on any atom is -0.337 e. The van der Waals surface area contributed by atoms with Crippen molar-refractivity contribution in [1.29, 1.82) is 0 Å². The molecule has 25 heavy (non-hydrogen) atoms. The van der Waals surface area contributed by atoms with E-state index in [0.29, 0.717) is 0 Å². The van der Waals surface area contributed by atoms with Gasteiger partial charge in [0, 0.05) is 30.9 Å². The van der Waals surface area contributed by atoms with Gasteiger partial charge in [0.2, 0.25) is 0 Å². The van der Waals surface area contributed by atoms with Crippen LogP contribution in [0.3, 0.4) is 0 Å². The number of hydrogen-bond donors (Lipinski definition) is 1. The highest BCUT2D eigenvalue weighted by Gasteiger charge is 2.24. The fourth-order valence-corrected chi connectivity index (χ4v) is 3.56. The molecule has 1 saturated heterocycles. The first-order valence-electron chi connectivity index (χ1n) is 8.67. The summed E-state index contributed by atoms with van der Waals surface area (Å²) in [5, 5.41) is 3.31. The standard InChI is InChI=1S/C20H22N4O/c1-14-22-18-5-3-4-6-19(18)24(14)16-9-7-15(8-10-16)20(25)23(2)17-11-12-21-13-17/h3-10,17,21H,11-13H2,1-2H3/t17-/m1/s1. The molecular formula is C20H22N4O. The Morgan fingerprint density at radius 1 is 1.20 bits per heavy atom. The molecule has 128 valence electrons. The number of hydrogen-bond acceptors (Lipinski definition) is 3. The van der Waals surface area contributed by atoms with E-state index in [4.69, 9.17) is 0 Å². The molecular weight excluding hydrogens is 312 g/mol. The Labute approximate surface area is 147 Å². The van der Waals surface area contributed by atoms with Crippen LogP contribution in [0.1, 0.15) is 22.6 Å². The second kappa shape index (κ2) is 6.33. The van der Waals surface area contributed by atoms with Gasteiger partial charge in [-0.1, -0.05) is 12.1 Å². The lowest BCUT2D eigenvalue weighted by Crippen LogP contribution is -2.38. The normalized spacial score (nSPS) is 17.1. The number of aromatic nitrogens is 2. The molecule has 1 aliphatic heterocycles. The predicted molar refractivity (Wildman–Crippen MR) is 99.2 cm³/mol. The molecule has 4 rings (SSSR count). The number of carbonyl (C=O) groups excluding carboxylic acids is 1. The van der Waals surface area contributed by atoms with Crippen molar-refractivity contribution in [2.24, 2.45) is 0 Å². The molecule has 2 heterocycles. The van der Waals surface area contributed by atoms with Gasteiger partial charge in [0.15, 0.2) is 0 Å². The van der Waals surface area contributed by atoms with Gasteiger partial charge in [-0.05, 0) is 56.3 Å². The first-order chi connectivity index (χ1) is 12.1. The molecule has 0 unspecified atom stereocenters. The van der Waals surface area contributed by atoms with Crippen LogP contribution in [0.2, 0.25) is 0 Å². The van der Waals surface area contributed by atoms with Crippen molar-refractivity contribution in [1.82, 2.24) is 19.8 Å². The molecule has 2 aromatic carbocycles. The van der Waals surface area contributed by atoms with Crippen molar-refractivity contribution in [3.05, 3.63) is 59.9 Å². The Balaban J connectivity index is 1.63. The molecule has 3 aromatic rings. The Kier molecular flexibility index (Phi) is 4.01. The van der Waals surface area contributed by atoms with Crippen LogP contribution in [0, 0.1) is 6.92 Å². The summed E-state index contributed by atoms with van der Waals surface area (Å²) >= 11 is 0. The molecule has 0 radical (unpaired) electrons. The van der Waals surface area contributed by atoms with Gasteiger partial charge in [-0.2, -0.15) is 0 Å². The van der Waals surface area contributed by atoms with Crippen molar-refractivity contribution in [2.45, 2.75) is 19.4 Å². The van der Waals surface area contributed by atoms with Gasteiger partial charge < -0.3 is 10.2 Å². The van der Waals surface area contributed by atoms with Gasteiger partial charge in [-0.15, -0.1) is 0 Å². The van der Waals surface area contributed by atoms with Crippen LogP contribution in [0.5, 0.6) is 0 Å². The Morgan fingerprint density at radius 2 is 1.96 bits per heavy atom. The molecule has 1 aliphatic rings. The highest BCUT2D eigenvalue weighted by molar-refractivity contribution is 5.94. The summed E-state index contributed by atoms with van der Waals surface area (Å²) in [5.74, 6) is 1.02. The second-order valence-corrected chi connectivity index (χ2v) is 6.59. The zero-order valence-electron chi connectivity index (χ0n) is 14.6. The van der Waals surface area contributed by atoms with E-state index in [9.17, 15) is 4.79 Å². The van der Waals surface area contributed by atoms with Crippen LogP contribution < -0.4 is 5.32 Å². The topological polar surface area (TPSA) is 50.2 Å². The monoisotopic (exact) mass is 334 g/mol. The highest BCUT2D eigenvalue weighted by Crippen LogP contribution is 2.22. The molecule has 1 amide bonds. The molecule has 0 saturated carbocycles. The summed E-state index contributed by atoms with van der Waals surface area (Å²) in [6.45, 7) is 3.86. The molecule has 5 nitrogen and oxygen atoms in total. The Bertz CT molecular complexity index is 907. The fraction of sp³-hybridized carbons (Fsp3) is 0.300. The number of carbonyl (C=O) groups is 1. The maximum absolute atomic E-state index is 12.7. The lowest BCUT2D eigenvalue weighted by Gasteiger charge is -2.24. The van der Waals surface area contributed by atoms with Crippen LogP contribution in [-0.4, -0.2) is 46.5 Å². The number of para-hydroxylation sites is 2. The third-order valence-electron chi connectivity index (χ3n) is 5.00. The molecule has 5 heteroatoms. The Morgan fingerprint density at radius 3 is 2.68 bits per heavy atom. The molecule has 1 atom stereocenters. The average Bonchev–Trinajstić information content (AvgIpc) is 3.27. The van der Waals surface area contributed by atoms with Crippen molar-refractivity contribution in [2.75, 3.05) is 20.1 Å². The maximum Gasteiger partial charge on any atom is 0.253 e. The zero-order chi connectivity index (χ0) is 17.4. The van der Waals surface area contributed by atoms with E-state index in [1.165, 1.54) is 0 Å². The number of imidazole rings is 1. The molecule has 1 N–H and O–H groups in total. The first kappa shape index (κ1) is 15.8. The van der Waals surface area contributed by atoms with Crippen LogP contribution in [0.25, 0.3) is 16.7 Å². The average molecular weight is 334 g/mol. The van der Waals surface area contributed by atoms with Gasteiger partial charge in [-0.3, -0.25) is 9.36 Å². The number of amides is 1. The van der Waals surface area contributed by atoms with Crippen molar-refractivity contribution < 1.29 is 4.79 Å². The van der Waals surface area contributed by atoms with E-state index >= 15 is 0 Å². The lowest BCUT2D eigenvalue weighted by atomic mass is 10.1. The minimum absolute atomic E-state index is 0.0764. The van der Waals surface area contributed by atoms with E-state index in [2.05, 4.69) is 20.9 Å². The van der Waals surface area contributed by atoms with E-state index in [0.717, 1.165) is 47.6 Å².